The van der Waals surface area contributed by atoms with Gasteiger partial charge in [-0.2, -0.15) is 0 Å². The highest BCUT2D eigenvalue weighted by Crippen LogP contribution is 2.39. The van der Waals surface area contributed by atoms with Crippen LogP contribution in [0.25, 0.3) is 0 Å². The highest BCUT2D eigenvalue weighted by molar-refractivity contribution is 7.10. The summed E-state index contributed by atoms with van der Waals surface area (Å²) in [4.78, 5) is 3.84. The van der Waals surface area contributed by atoms with Crippen LogP contribution in [0.2, 0.25) is 5.02 Å². The lowest BCUT2D eigenvalue weighted by atomic mass is 10.00. The predicted molar refractivity (Wildman–Crippen MR) is 85.9 cm³/mol. The monoisotopic (exact) mass is 307 g/mol. The lowest BCUT2D eigenvalue weighted by Gasteiger charge is -2.36. The van der Waals surface area contributed by atoms with E-state index in [4.69, 9.17) is 11.6 Å². The molecule has 20 heavy (non-hydrogen) atoms. The number of aliphatic hydroxyl groups is 1. The zero-order chi connectivity index (χ0) is 14.3. The van der Waals surface area contributed by atoms with Crippen LogP contribution in [0.3, 0.4) is 0 Å². The summed E-state index contributed by atoms with van der Waals surface area (Å²) in [6.45, 7) is 4.97. The summed E-state index contributed by atoms with van der Waals surface area (Å²) in [6.07, 6.45) is 0.593. The Labute approximate surface area is 128 Å². The second-order valence-corrected chi connectivity index (χ2v) is 6.71. The smallest absolute Gasteiger partial charge is 0.0762 e. The Kier molecular flexibility index (Phi) is 3.76. The number of benzene rings is 1. The SMILES string of the molecule is CC(O)c1ccc(N2CCc3sccc3C2C)c(Cl)c1. The van der Waals surface area contributed by atoms with Crippen molar-refractivity contribution < 1.29 is 5.11 Å². The van der Waals surface area contributed by atoms with Gasteiger partial charge in [-0.15, -0.1) is 11.3 Å². The van der Waals surface area contributed by atoms with E-state index in [-0.39, 0.29) is 0 Å². The summed E-state index contributed by atoms with van der Waals surface area (Å²) in [6, 6.07) is 8.42. The molecule has 0 aliphatic carbocycles. The third kappa shape index (κ3) is 2.34. The van der Waals surface area contributed by atoms with Crippen LogP contribution in [0.5, 0.6) is 0 Å². The van der Waals surface area contributed by atoms with Crippen molar-refractivity contribution in [3.63, 3.8) is 0 Å². The molecule has 4 heteroatoms. The first-order chi connectivity index (χ1) is 9.58. The molecule has 2 atom stereocenters. The van der Waals surface area contributed by atoms with Gasteiger partial charge in [0.2, 0.25) is 0 Å². The summed E-state index contributed by atoms with van der Waals surface area (Å²) in [5, 5.41) is 12.5. The Balaban J connectivity index is 1.94. The van der Waals surface area contributed by atoms with Crippen LogP contribution in [-0.4, -0.2) is 11.7 Å². The molecule has 0 amide bonds. The normalized spacial score (nSPS) is 19.8. The van der Waals surface area contributed by atoms with Gasteiger partial charge in [-0.25, -0.2) is 0 Å². The van der Waals surface area contributed by atoms with Crippen LogP contribution in [0, 0.1) is 0 Å². The maximum atomic E-state index is 9.63. The van der Waals surface area contributed by atoms with E-state index in [0.29, 0.717) is 11.1 Å². The Hall–Kier alpha value is -1.03. The molecule has 2 nitrogen and oxygen atoms in total. The van der Waals surface area contributed by atoms with E-state index in [1.807, 2.05) is 29.5 Å². The maximum absolute atomic E-state index is 9.63. The first kappa shape index (κ1) is 13.9. The van der Waals surface area contributed by atoms with E-state index in [1.165, 1.54) is 10.4 Å². The van der Waals surface area contributed by atoms with Crippen LogP contribution in [0.4, 0.5) is 5.69 Å². The summed E-state index contributed by atoms with van der Waals surface area (Å²) in [5.41, 5.74) is 3.33. The van der Waals surface area contributed by atoms with E-state index in [1.54, 1.807) is 6.92 Å². The molecular formula is C16H18ClNOS. The molecule has 0 saturated carbocycles. The topological polar surface area (TPSA) is 23.5 Å². The first-order valence-corrected chi connectivity index (χ1v) is 8.14. The Morgan fingerprint density at radius 3 is 2.90 bits per heavy atom. The molecule has 1 aliphatic rings. The van der Waals surface area contributed by atoms with Gasteiger partial charge in [0.05, 0.1) is 22.9 Å². The summed E-state index contributed by atoms with van der Waals surface area (Å²) >= 11 is 8.27. The second kappa shape index (κ2) is 5.40. The van der Waals surface area contributed by atoms with Gasteiger partial charge in [0, 0.05) is 11.4 Å². The fourth-order valence-electron chi connectivity index (χ4n) is 2.85. The van der Waals surface area contributed by atoms with E-state index < -0.39 is 6.10 Å². The van der Waals surface area contributed by atoms with E-state index in [2.05, 4.69) is 23.3 Å². The van der Waals surface area contributed by atoms with Crippen LogP contribution in [0.15, 0.2) is 29.6 Å². The van der Waals surface area contributed by atoms with Crippen molar-refractivity contribution in [2.75, 3.05) is 11.4 Å². The average molecular weight is 308 g/mol. The highest BCUT2D eigenvalue weighted by Gasteiger charge is 2.26. The molecule has 0 spiro atoms. The largest absolute Gasteiger partial charge is 0.389 e. The lowest BCUT2D eigenvalue weighted by Crippen LogP contribution is -2.33. The molecule has 2 unspecified atom stereocenters. The Morgan fingerprint density at radius 1 is 1.40 bits per heavy atom. The number of fused-ring (bicyclic) bond motifs is 1. The molecule has 0 fully saturated rings. The van der Waals surface area contributed by atoms with Gasteiger partial charge in [0.15, 0.2) is 0 Å². The van der Waals surface area contributed by atoms with Crippen molar-refractivity contribution in [1.82, 2.24) is 0 Å². The zero-order valence-corrected chi connectivity index (χ0v) is 13.2. The number of hydrogen-bond donors (Lipinski definition) is 1. The molecule has 1 aromatic heterocycles. The number of halogens is 1. The van der Waals surface area contributed by atoms with Crippen molar-refractivity contribution in [3.8, 4) is 0 Å². The number of thiophene rings is 1. The minimum atomic E-state index is -0.483. The van der Waals surface area contributed by atoms with Gasteiger partial charge < -0.3 is 10.0 Å². The molecule has 2 aromatic rings. The van der Waals surface area contributed by atoms with Crippen LogP contribution in [0.1, 0.15) is 42.0 Å². The fourth-order valence-corrected chi connectivity index (χ4v) is 4.11. The van der Waals surface area contributed by atoms with Crippen molar-refractivity contribution in [1.29, 1.82) is 0 Å². The number of aliphatic hydroxyl groups excluding tert-OH is 1. The number of hydrogen-bond acceptors (Lipinski definition) is 3. The zero-order valence-electron chi connectivity index (χ0n) is 11.6. The van der Waals surface area contributed by atoms with Crippen molar-refractivity contribution in [2.45, 2.75) is 32.4 Å². The summed E-state index contributed by atoms with van der Waals surface area (Å²) in [5.74, 6) is 0. The molecule has 3 rings (SSSR count). The quantitative estimate of drug-likeness (QED) is 0.878. The van der Waals surface area contributed by atoms with Gasteiger partial charge in [-0.05, 0) is 55.0 Å². The van der Waals surface area contributed by atoms with E-state index in [9.17, 15) is 5.11 Å². The van der Waals surface area contributed by atoms with Gasteiger partial charge >= 0.3 is 0 Å². The average Bonchev–Trinajstić information content (AvgIpc) is 2.89. The molecule has 0 saturated heterocycles. The molecule has 1 aliphatic heterocycles. The molecule has 0 radical (unpaired) electrons. The molecule has 1 N–H and O–H groups in total. The van der Waals surface area contributed by atoms with E-state index in [0.717, 1.165) is 24.2 Å². The minimum absolute atomic E-state index is 0.347. The van der Waals surface area contributed by atoms with Gasteiger partial charge in [-0.1, -0.05) is 17.7 Å². The fraction of sp³-hybridized carbons (Fsp3) is 0.375. The third-order valence-corrected chi connectivity index (χ3v) is 5.34. The predicted octanol–water partition coefficient (Wildman–Crippen LogP) is 4.58. The van der Waals surface area contributed by atoms with Crippen LogP contribution in [-0.2, 0) is 6.42 Å². The second-order valence-electron chi connectivity index (χ2n) is 5.31. The van der Waals surface area contributed by atoms with Crippen LogP contribution < -0.4 is 4.90 Å². The highest BCUT2D eigenvalue weighted by atomic mass is 35.5. The van der Waals surface area contributed by atoms with Crippen molar-refractivity contribution >= 4 is 28.6 Å². The van der Waals surface area contributed by atoms with Gasteiger partial charge in [-0.3, -0.25) is 0 Å². The lowest BCUT2D eigenvalue weighted by molar-refractivity contribution is 0.199. The molecule has 2 heterocycles. The summed E-state index contributed by atoms with van der Waals surface area (Å²) in [7, 11) is 0. The number of nitrogens with zero attached hydrogens (tertiary/aromatic N) is 1. The van der Waals surface area contributed by atoms with Gasteiger partial charge in [0.25, 0.3) is 0 Å². The molecular weight excluding hydrogens is 290 g/mol. The third-order valence-electron chi connectivity index (χ3n) is 4.04. The molecule has 1 aromatic carbocycles. The van der Waals surface area contributed by atoms with Crippen molar-refractivity contribution in [3.05, 3.63) is 50.7 Å². The Morgan fingerprint density at radius 2 is 2.20 bits per heavy atom. The number of rotatable bonds is 2. The minimum Gasteiger partial charge on any atom is -0.389 e. The van der Waals surface area contributed by atoms with Crippen LogP contribution >= 0.6 is 22.9 Å². The van der Waals surface area contributed by atoms with Gasteiger partial charge in [0.1, 0.15) is 0 Å². The number of anilines is 1. The van der Waals surface area contributed by atoms with E-state index >= 15 is 0 Å². The Bertz CT molecular complexity index is 623. The maximum Gasteiger partial charge on any atom is 0.0762 e. The molecule has 106 valence electrons. The first-order valence-electron chi connectivity index (χ1n) is 6.88. The standard InChI is InChI=1S/C16H18ClNOS/c1-10-13-6-8-20-16(13)5-7-18(10)15-4-3-12(11(2)19)9-14(15)17/h3-4,6,8-11,19H,5,7H2,1-2H3. The summed E-state index contributed by atoms with van der Waals surface area (Å²) < 4.78 is 0. The van der Waals surface area contributed by atoms with Crippen molar-refractivity contribution in [2.24, 2.45) is 0 Å². The molecule has 0 bridgehead atoms.